The Morgan fingerprint density at radius 3 is 2.71 bits per heavy atom. The van der Waals surface area contributed by atoms with Crippen molar-refractivity contribution in [2.45, 2.75) is 6.54 Å². The summed E-state index contributed by atoms with van der Waals surface area (Å²) in [4.78, 5) is 6.24. The lowest BCUT2D eigenvalue weighted by molar-refractivity contribution is 0.900. The molecular weight excluding hydrogens is 234 g/mol. The molecule has 0 aliphatic rings. The highest BCUT2D eigenvalue weighted by atomic mass is 35.5. The predicted octanol–water partition coefficient (Wildman–Crippen LogP) is 2.95. The molecule has 4 heteroatoms. The van der Waals surface area contributed by atoms with Crippen molar-refractivity contribution < 1.29 is 0 Å². The van der Waals surface area contributed by atoms with Gasteiger partial charge in [-0.15, -0.1) is 0 Å². The van der Waals surface area contributed by atoms with Crippen molar-refractivity contribution in [3.8, 4) is 0 Å². The topological polar surface area (TPSA) is 42.2 Å². The third kappa shape index (κ3) is 2.68. The van der Waals surface area contributed by atoms with Gasteiger partial charge >= 0.3 is 0 Å². The molecular formula is C13H14ClN3. The zero-order chi connectivity index (χ0) is 12.3. The maximum atomic E-state index is 6.12. The van der Waals surface area contributed by atoms with Crippen molar-refractivity contribution in [3.05, 3.63) is 53.2 Å². The first-order chi connectivity index (χ1) is 8.18. The van der Waals surface area contributed by atoms with Gasteiger partial charge in [0.25, 0.3) is 0 Å². The van der Waals surface area contributed by atoms with Crippen LogP contribution < -0.4 is 10.6 Å². The number of halogens is 1. The summed E-state index contributed by atoms with van der Waals surface area (Å²) in [5.41, 5.74) is 7.60. The Hall–Kier alpha value is -1.74. The van der Waals surface area contributed by atoms with Crippen LogP contribution in [0.2, 0.25) is 5.02 Å². The number of rotatable bonds is 3. The highest BCUT2D eigenvalue weighted by Gasteiger charge is 2.08. The Morgan fingerprint density at radius 2 is 2.00 bits per heavy atom. The maximum absolute atomic E-state index is 6.12. The van der Waals surface area contributed by atoms with E-state index < -0.39 is 0 Å². The Balaban J connectivity index is 2.20. The Labute approximate surface area is 106 Å². The van der Waals surface area contributed by atoms with Gasteiger partial charge < -0.3 is 10.6 Å². The number of anilines is 2. The van der Waals surface area contributed by atoms with Gasteiger partial charge in [-0.25, -0.2) is 4.98 Å². The molecule has 0 aliphatic carbocycles. The number of pyridine rings is 1. The molecule has 0 amide bonds. The first-order valence-corrected chi connectivity index (χ1v) is 5.71. The quantitative estimate of drug-likeness (QED) is 0.907. The van der Waals surface area contributed by atoms with Gasteiger partial charge in [-0.2, -0.15) is 0 Å². The van der Waals surface area contributed by atoms with Crippen molar-refractivity contribution in [2.75, 3.05) is 17.7 Å². The second-order valence-electron chi connectivity index (χ2n) is 3.86. The zero-order valence-corrected chi connectivity index (χ0v) is 10.4. The van der Waals surface area contributed by atoms with Crippen LogP contribution in [0, 0.1) is 0 Å². The lowest BCUT2D eigenvalue weighted by Crippen LogP contribution is -2.19. The van der Waals surface area contributed by atoms with E-state index in [1.54, 1.807) is 6.20 Å². The van der Waals surface area contributed by atoms with E-state index in [0.29, 0.717) is 12.2 Å². The van der Waals surface area contributed by atoms with E-state index >= 15 is 0 Å². The summed E-state index contributed by atoms with van der Waals surface area (Å²) in [6.45, 7) is 0.681. The van der Waals surface area contributed by atoms with E-state index in [1.165, 1.54) is 0 Å². The Morgan fingerprint density at radius 1 is 1.24 bits per heavy atom. The van der Waals surface area contributed by atoms with Crippen molar-refractivity contribution in [1.82, 2.24) is 4.98 Å². The van der Waals surface area contributed by atoms with Crippen LogP contribution in [0.3, 0.4) is 0 Å². The zero-order valence-electron chi connectivity index (χ0n) is 9.60. The molecule has 0 spiro atoms. The normalized spacial score (nSPS) is 10.2. The van der Waals surface area contributed by atoms with E-state index in [-0.39, 0.29) is 0 Å². The van der Waals surface area contributed by atoms with Gasteiger partial charge in [0.1, 0.15) is 0 Å². The molecule has 0 unspecified atom stereocenters. The molecule has 17 heavy (non-hydrogen) atoms. The summed E-state index contributed by atoms with van der Waals surface area (Å²) in [7, 11) is 1.95. The molecule has 0 saturated heterocycles. The monoisotopic (exact) mass is 247 g/mol. The molecule has 0 aliphatic heterocycles. The molecule has 88 valence electrons. The lowest BCUT2D eigenvalue weighted by atomic mass is 10.2. The van der Waals surface area contributed by atoms with Gasteiger partial charge in [0.2, 0.25) is 0 Å². The minimum atomic E-state index is 0.669. The third-order valence-electron chi connectivity index (χ3n) is 2.54. The summed E-state index contributed by atoms with van der Waals surface area (Å²) < 4.78 is 0. The van der Waals surface area contributed by atoms with Gasteiger partial charge in [-0.05, 0) is 23.8 Å². The van der Waals surface area contributed by atoms with Gasteiger partial charge in [-0.1, -0.05) is 29.8 Å². The fraction of sp³-hybridized carbons (Fsp3) is 0.154. The fourth-order valence-electron chi connectivity index (χ4n) is 1.69. The number of hydrogen-bond acceptors (Lipinski definition) is 3. The highest BCUT2D eigenvalue weighted by molar-refractivity contribution is 6.31. The number of nitrogen functional groups attached to an aromatic ring is 1. The molecule has 0 atom stereocenters. The number of nitrogens with two attached hydrogens (primary N) is 1. The van der Waals surface area contributed by atoms with Gasteiger partial charge in [0.05, 0.1) is 5.69 Å². The average Bonchev–Trinajstić information content (AvgIpc) is 2.32. The summed E-state index contributed by atoms with van der Waals surface area (Å²) in [6.07, 6.45) is 1.73. The van der Waals surface area contributed by atoms with E-state index in [2.05, 4.69) is 4.98 Å². The maximum Gasteiger partial charge on any atom is 0.151 e. The van der Waals surface area contributed by atoms with Crippen LogP contribution in [-0.4, -0.2) is 12.0 Å². The number of nitrogens with zero attached hydrogens (tertiary/aromatic N) is 2. The molecule has 0 bridgehead atoms. The number of benzene rings is 1. The first-order valence-electron chi connectivity index (χ1n) is 5.33. The van der Waals surface area contributed by atoms with E-state index in [9.17, 15) is 0 Å². The highest BCUT2D eigenvalue weighted by Crippen LogP contribution is 2.22. The summed E-state index contributed by atoms with van der Waals surface area (Å²) in [5, 5.41) is 0.758. The van der Waals surface area contributed by atoms with Crippen LogP contribution in [0.1, 0.15) is 5.56 Å². The third-order valence-corrected chi connectivity index (χ3v) is 2.91. The average molecular weight is 248 g/mol. The molecule has 2 aromatic rings. The smallest absolute Gasteiger partial charge is 0.151 e. The number of aromatic nitrogens is 1. The van der Waals surface area contributed by atoms with E-state index in [1.807, 2.05) is 48.3 Å². The summed E-state index contributed by atoms with van der Waals surface area (Å²) in [5.74, 6) is 0.771. The van der Waals surface area contributed by atoms with Crippen molar-refractivity contribution in [1.29, 1.82) is 0 Å². The van der Waals surface area contributed by atoms with Crippen molar-refractivity contribution in [2.24, 2.45) is 0 Å². The molecule has 0 saturated carbocycles. The van der Waals surface area contributed by atoms with Gasteiger partial charge in [0.15, 0.2) is 5.82 Å². The fourth-order valence-corrected chi connectivity index (χ4v) is 1.88. The second kappa shape index (κ2) is 5.06. The van der Waals surface area contributed by atoms with Crippen molar-refractivity contribution >= 4 is 23.1 Å². The SMILES string of the molecule is CN(Cc1ccccc1Cl)c1ncccc1N. The van der Waals surface area contributed by atoms with Crippen molar-refractivity contribution in [3.63, 3.8) is 0 Å². The molecule has 2 N–H and O–H groups in total. The second-order valence-corrected chi connectivity index (χ2v) is 4.27. The van der Waals surface area contributed by atoms with Crippen LogP contribution in [0.5, 0.6) is 0 Å². The van der Waals surface area contributed by atoms with E-state index in [0.717, 1.165) is 16.4 Å². The van der Waals surface area contributed by atoms with Gasteiger partial charge in [0, 0.05) is 24.8 Å². The molecule has 3 nitrogen and oxygen atoms in total. The van der Waals surface area contributed by atoms with Gasteiger partial charge in [-0.3, -0.25) is 0 Å². The van der Waals surface area contributed by atoms with Crippen LogP contribution in [0.25, 0.3) is 0 Å². The van der Waals surface area contributed by atoms with Crippen LogP contribution in [0.15, 0.2) is 42.6 Å². The molecule has 1 aromatic heterocycles. The standard InChI is InChI=1S/C13H14ClN3/c1-17(13-12(15)7-4-8-16-13)9-10-5-2-3-6-11(10)14/h2-8H,9,15H2,1H3. The molecule has 0 fully saturated rings. The minimum Gasteiger partial charge on any atom is -0.396 e. The minimum absolute atomic E-state index is 0.669. The van der Waals surface area contributed by atoms with Crippen LogP contribution in [-0.2, 0) is 6.54 Å². The molecule has 1 aromatic carbocycles. The van der Waals surface area contributed by atoms with E-state index in [4.69, 9.17) is 17.3 Å². The first kappa shape index (κ1) is 11.7. The Bertz CT molecular complexity index is 514. The molecule has 0 radical (unpaired) electrons. The predicted molar refractivity (Wildman–Crippen MR) is 72.2 cm³/mol. The largest absolute Gasteiger partial charge is 0.396 e. The number of hydrogen-bond donors (Lipinski definition) is 1. The summed E-state index contributed by atoms with van der Waals surface area (Å²) in [6, 6.07) is 11.4. The van der Waals surface area contributed by atoms with Crippen LogP contribution in [0.4, 0.5) is 11.5 Å². The Kier molecular flexibility index (Phi) is 3.49. The lowest BCUT2D eigenvalue weighted by Gasteiger charge is -2.20. The van der Waals surface area contributed by atoms with Crippen LogP contribution >= 0.6 is 11.6 Å². The molecule has 1 heterocycles. The molecule has 2 rings (SSSR count). The summed E-state index contributed by atoms with van der Waals surface area (Å²) >= 11 is 6.12.